The highest BCUT2D eigenvalue weighted by atomic mass is 16.5. The van der Waals surface area contributed by atoms with Gasteiger partial charge in [0.15, 0.2) is 0 Å². The van der Waals surface area contributed by atoms with Crippen molar-refractivity contribution >= 4 is 5.82 Å². The fraction of sp³-hybridized carbons (Fsp3) is 0.250. The molecule has 0 bridgehead atoms. The predicted molar refractivity (Wildman–Crippen MR) is 64.8 cm³/mol. The van der Waals surface area contributed by atoms with E-state index in [1.807, 2.05) is 19.1 Å². The van der Waals surface area contributed by atoms with Gasteiger partial charge in [0.25, 0.3) is 0 Å². The number of ether oxygens (including phenoxy) is 1. The Morgan fingerprint density at radius 1 is 1.18 bits per heavy atom. The van der Waals surface area contributed by atoms with Gasteiger partial charge in [0.2, 0.25) is 5.88 Å². The quantitative estimate of drug-likeness (QED) is 0.849. The summed E-state index contributed by atoms with van der Waals surface area (Å²) in [6.45, 7) is 3.19. The number of nitrogens with zero attached hydrogens (tertiary/aromatic N) is 3. The van der Waals surface area contributed by atoms with Crippen molar-refractivity contribution in [2.75, 3.05) is 11.9 Å². The van der Waals surface area contributed by atoms with Gasteiger partial charge in [-0.2, -0.15) is 4.98 Å². The first-order valence-corrected chi connectivity index (χ1v) is 5.46. The van der Waals surface area contributed by atoms with Crippen LogP contribution in [0.2, 0.25) is 0 Å². The maximum absolute atomic E-state index is 5.27. The monoisotopic (exact) mass is 230 g/mol. The second-order valence-corrected chi connectivity index (χ2v) is 3.38. The van der Waals surface area contributed by atoms with Gasteiger partial charge in [-0.1, -0.05) is 0 Å². The van der Waals surface area contributed by atoms with E-state index in [-0.39, 0.29) is 0 Å². The fourth-order valence-electron chi connectivity index (χ4n) is 1.34. The molecule has 0 aliphatic rings. The van der Waals surface area contributed by atoms with Crippen LogP contribution in [0.1, 0.15) is 12.5 Å². The van der Waals surface area contributed by atoms with Crippen molar-refractivity contribution < 1.29 is 4.74 Å². The summed E-state index contributed by atoms with van der Waals surface area (Å²) >= 11 is 0. The van der Waals surface area contributed by atoms with Crippen molar-refractivity contribution in [3.63, 3.8) is 0 Å². The first-order chi connectivity index (χ1) is 8.38. The molecule has 0 aliphatic heterocycles. The molecule has 0 amide bonds. The van der Waals surface area contributed by atoms with Crippen molar-refractivity contribution in [2.45, 2.75) is 13.5 Å². The van der Waals surface area contributed by atoms with Crippen LogP contribution in [0.4, 0.5) is 5.82 Å². The van der Waals surface area contributed by atoms with Gasteiger partial charge in [0, 0.05) is 18.9 Å². The van der Waals surface area contributed by atoms with E-state index in [2.05, 4.69) is 20.3 Å². The van der Waals surface area contributed by atoms with E-state index in [0.29, 0.717) is 24.8 Å². The van der Waals surface area contributed by atoms with E-state index in [1.165, 1.54) is 0 Å². The highest BCUT2D eigenvalue weighted by Crippen LogP contribution is 2.10. The van der Waals surface area contributed by atoms with Crippen LogP contribution in [0.5, 0.6) is 5.88 Å². The zero-order valence-electron chi connectivity index (χ0n) is 9.63. The molecule has 5 heteroatoms. The Kier molecular flexibility index (Phi) is 3.85. The smallest absolute Gasteiger partial charge is 0.234 e. The van der Waals surface area contributed by atoms with Gasteiger partial charge in [-0.3, -0.25) is 9.97 Å². The SMILES string of the molecule is CCOc1cncc(NCc2ccncc2)n1. The van der Waals surface area contributed by atoms with Gasteiger partial charge in [-0.15, -0.1) is 0 Å². The molecule has 2 aromatic rings. The van der Waals surface area contributed by atoms with E-state index in [1.54, 1.807) is 24.8 Å². The zero-order valence-corrected chi connectivity index (χ0v) is 9.63. The Morgan fingerprint density at radius 3 is 2.76 bits per heavy atom. The van der Waals surface area contributed by atoms with Crippen LogP contribution in [-0.2, 0) is 6.54 Å². The molecule has 2 rings (SSSR count). The van der Waals surface area contributed by atoms with E-state index in [9.17, 15) is 0 Å². The molecule has 0 aromatic carbocycles. The second kappa shape index (κ2) is 5.79. The summed E-state index contributed by atoms with van der Waals surface area (Å²) in [7, 11) is 0. The molecule has 0 atom stereocenters. The van der Waals surface area contributed by atoms with Gasteiger partial charge < -0.3 is 10.1 Å². The van der Waals surface area contributed by atoms with Gasteiger partial charge in [-0.25, -0.2) is 0 Å². The lowest BCUT2D eigenvalue weighted by Crippen LogP contribution is -2.03. The van der Waals surface area contributed by atoms with Crippen molar-refractivity contribution in [2.24, 2.45) is 0 Å². The van der Waals surface area contributed by atoms with Crippen molar-refractivity contribution in [1.82, 2.24) is 15.0 Å². The van der Waals surface area contributed by atoms with Gasteiger partial charge >= 0.3 is 0 Å². The average molecular weight is 230 g/mol. The fourth-order valence-corrected chi connectivity index (χ4v) is 1.34. The summed E-state index contributed by atoms with van der Waals surface area (Å²) in [4.78, 5) is 12.3. The topological polar surface area (TPSA) is 59.9 Å². The molecule has 0 radical (unpaired) electrons. The third-order valence-electron chi connectivity index (χ3n) is 2.13. The molecule has 0 fully saturated rings. The molecule has 88 valence electrons. The summed E-state index contributed by atoms with van der Waals surface area (Å²) in [5, 5.41) is 3.18. The minimum Gasteiger partial charge on any atom is -0.477 e. The van der Waals surface area contributed by atoms with Crippen molar-refractivity contribution in [3.05, 3.63) is 42.5 Å². The molecular weight excluding hydrogens is 216 g/mol. The Bertz CT molecular complexity index is 461. The van der Waals surface area contributed by atoms with Crippen molar-refractivity contribution in [3.8, 4) is 5.88 Å². The lowest BCUT2D eigenvalue weighted by molar-refractivity contribution is 0.325. The maximum Gasteiger partial charge on any atom is 0.234 e. The zero-order chi connectivity index (χ0) is 11.9. The molecule has 5 nitrogen and oxygen atoms in total. The minimum atomic E-state index is 0.534. The van der Waals surface area contributed by atoms with Gasteiger partial charge in [0.05, 0.1) is 19.0 Å². The number of rotatable bonds is 5. The molecule has 1 N–H and O–H groups in total. The first-order valence-electron chi connectivity index (χ1n) is 5.46. The van der Waals surface area contributed by atoms with Crippen LogP contribution in [0.25, 0.3) is 0 Å². The normalized spacial score (nSPS) is 9.94. The summed E-state index contributed by atoms with van der Waals surface area (Å²) in [5.41, 5.74) is 1.14. The highest BCUT2D eigenvalue weighted by molar-refractivity contribution is 5.34. The average Bonchev–Trinajstić information content (AvgIpc) is 2.39. The number of nitrogens with one attached hydrogen (secondary N) is 1. The predicted octanol–water partition coefficient (Wildman–Crippen LogP) is 1.88. The molecule has 0 saturated carbocycles. The number of hydrogen-bond acceptors (Lipinski definition) is 5. The van der Waals surface area contributed by atoms with Gasteiger partial charge in [0.1, 0.15) is 5.82 Å². The number of anilines is 1. The third-order valence-corrected chi connectivity index (χ3v) is 2.13. The molecule has 0 aliphatic carbocycles. The molecule has 2 heterocycles. The molecular formula is C12H14N4O. The van der Waals surface area contributed by atoms with E-state index in [4.69, 9.17) is 4.74 Å². The van der Waals surface area contributed by atoms with Gasteiger partial charge in [-0.05, 0) is 24.6 Å². The van der Waals surface area contributed by atoms with Crippen LogP contribution < -0.4 is 10.1 Å². The minimum absolute atomic E-state index is 0.534. The summed E-state index contributed by atoms with van der Waals surface area (Å²) < 4.78 is 5.27. The highest BCUT2D eigenvalue weighted by Gasteiger charge is 1.98. The first kappa shape index (κ1) is 11.3. The van der Waals surface area contributed by atoms with Crippen LogP contribution >= 0.6 is 0 Å². The van der Waals surface area contributed by atoms with Crippen LogP contribution in [-0.4, -0.2) is 21.6 Å². The maximum atomic E-state index is 5.27. The Balaban J connectivity index is 1.97. The number of pyridine rings is 1. The van der Waals surface area contributed by atoms with Crippen molar-refractivity contribution in [1.29, 1.82) is 0 Å². The standard InChI is InChI=1S/C12H14N4O/c1-2-17-12-9-14-8-11(16-12)15-7-10-3-5-13-6-4-10/h3-6,8-9H,2,7H2,1H3,(H,15,16). The lowest BCUT2D eigenvalue weighted by Gasteiger charge is -2.06. The lowest BCUT2D eigenvalue weighted by atomic mass is 10.3. The molecule has 0 unspecified atom stereocenters. The van der Waals surface area contributed by atoms with E-state index < -0.39 is 0 Å². The Morgan fingerprint density at radius 2 is 2.00 bits per heavy atom. The summed E-state index contributed by atoms with van der Waals surface area (Å²) in [5.74, 6) is 1.24. The molecule has 17 heavy (non-hydrogen) atoms. The van der Waals surface area contributed by atoms with E-state index in [0.717, 1.165) is 5.56 Å². The van der Waals surface area contributed by atoms with Crippen LogP contribution in [0, 0.1) is 0 Å². The Hall–Kier alpha value is -2.17. The largest absolute Gasteiger partial charge is 0.477 e. The molecule has 2 aromatic heterocycles. The molecule has 0 spiro atoms. The molecule has 0 saturated heterocycles. The summed E-state index contributed by atoms with van der Waals surface area (Å²) in [6.07, 6.45) is 6.80. The number of aromatic nitrogens is 3. The van der Waals surface area contributed by atoms with Crippen LogP contribution in [0.15, 0.2) is 36.9 Å². The Labute approximate surface area is 99.9 Å². The third kappa shape index (κ3) is 3.41. The number of hydrogen-bond donors (Lipinski definition) is 1. The summed E-state index contributed by atoms with van der Waals surface area (Å²) in [6, 6.07) is 3.90. The van der Waals surface area contributed by atoms with E-state index >= 15 is 0 Å². The van der Waals surface area contributed by atoms with Crippen LogP contribution in [0.3, 0.4) is 0 Å². The second-order valence-electron chi connectivity index (χ2n) is 3.38.